The first-order chi connectivity index (χ1) is 15.6. The highest BCUT2D eigenvalue weighted by molar-refractivity contribution is 6.06. The van der Waals surface area contributed by atoms with E-state index in [1.165, 1.54) is 5.56 Å². The smallest absolute Gasteiger partial charge is 0.255 e. The Morgan fingerprint density at radius 2 is 1.91 bits per heavy atom. The van der Waals surface area contributed by atoms with E-state index < -0.39 is 0 Å². The van der Waals surface area contributed by atoms with Gasteiger partial charge < -0.3 is 15.4 Å². The van der Waals surface area contributed by atoms with Crippen molar-refractivity contribution in [2.75, 3.05) is 18.5 Å². The first kappa shape index (κ1) is 22.3. The normalized spacial score (nSPS) is 15.6. The van der Waals surface area contributed by atoms with Gasteiger partial charge in [0.1, 0.15) is 0 Å². The number of anilines is 1. The molecule has 4 rings (SSSR count). The minimum Gasteiger partial charge on any atom is -0.381 e. The number of aryl methyl sites for hydroxylation is 2. The quantitative estimate of drug-likeness (QED) is 0.545. The molecule has 1 aliphatic rings. The Morgan fingerprint density at radius 3 is 2.56 bits per heavy atom. The summed E-state index contributed by atoms with van der Waals surface area (Å²) in [6.07, 6.45) is 7.12. The molecule has 0 aliphatic carbocycles. The van der Waals surface area contributed by atoms with E-state index in [4.69, 9.17) is 4.74 Å². The molecule has 1 fully saturated rings. The number of carbonyl (C=O) groups excluding carboxylic acids is 1. The van der Waals surface area contributed by atoms with E-state index in [0.29, 0.717) is 5.56 Å². The van der Waals surface area contributed by atoms with E-state index in [2.05, 4.69) is 58.8 Å². The van der Waals surface area contributed by atoms with Crippen LogP contribution in [0.25, 0.3) is 11.0 Å². The van der Waals surface area contributed by atoms with Crippen LogP contribution in [0.15, 0.2) is 36.7 Å². The zero-order chi connectivity index (χ0) is 22.5. The average Bonchev–Trinajstić information content (AvgIpc) is 3.27. The van der Waals surface area contributed by atoms with E-state index in [0.717, 1.165) is 67.7 Å². The molecule has 1 aromatic carbocycles. The summed E-state index contributed by atoms with van der Waals surface area (Å²) in [6, 6.07) is 8.69. The molecule has 0 radical (unpaired) electrons. The molecular formula is C25H33N5O2. The standard InChI is InChI=1S/C25H33N5O2/c1-4-17-7-9-18(10-8-17)22(5-2)29-25(31)21-15-26-24-20(16-27-30(24)6-3)23(21)28-19-11-13-32-14-12-19/h7-10,15-16,19,22H,4-6,11-14H2,1-3H3,(H,26,28)(H,29,31)/t22-/m1/s1. The minimum absolute atomic E-state index is 0.0570. The highest BCUT2D eigenvalue weighted by Crippen LogP contribution is 2.29. The number of aromatic nitrogens is 3. The molecule has 1 atom stereocenters. The predicted octanol–water partition coefficient (Wildman–Crippen LogP) is 4.49. The van der Waals surface area contributed by atoms with Gasteiger partial charge in [-0.2, -0.15) is 5.10 Å². The van der Waals surface area contributed by atoms with Crippen molar-refractivity contribution in [2.24, 2.45) is 0 Å². The molecule has 32 heavy (non-hydrogen) atoms. The zero-order valence-electron chi connectivity index (χ0n) is 19.2. The molecule has 170 valence electrons. The number of ether oxygens (including phenoxy) is 1. The maximum absolute atomic E-state index is 13.4. The Kier molecular flexibility index (Phi) is 7.05. The highest BCUT2D eigenvalue weighted by atomic mass is 16.5. The monoisotopic (exact) mass is 435 g/mol. The van der Waals surface area contributed by atoms with E-state index in [-0.39, 0.29) is 18.0 Å². The first-order valence-electron chi connectivity index (χ1n) is 11.7. The second kappa shape index (κ2) is 10.1. The molecule has 0 unspecified atom stereocenters. The fourth-order valence-corrected chi connectivity index (χ4v) is 4.27. The fraction of sp³-hybridized carbons (Fsp3) is 0.480. The van der Waals surface area contributed by atoms with Crippen molar-refractivity contribution < 1.29 is 9.53 Å². The van der Waals surface area contributed by atoms with Gasteiger partial charge in [-0.1, -0.05) is 38.1 Å². The molecule has 7 heteroatoms. The summed E-state index contributed by atoms with van der Waals surface area (Å²) in [7, 11) is 0. The number of nitrogens with one attached hydrogen (secondary N) is 2. The van der Waals surface area contributed by atoms with E-state index >= 15 is 0 Å². The SMILES string of the molecule is CCc1ccc([C@@H](CC)NC(=O)c2cnc3c(cnn3CC)c2NC2CCOCC2)cc1. The maximum atomic E-state index is 13.4. The zero-order valence-corrected chi connectivity index (χ0v) is 19.2. The van der Waals surface area contributed by atoms with Crippen LogP contribution in [0.2, 0.25) is 0 Å². The first-order valence-corrected chi connectivity index (χ1v) is 11.7. The largest absolute Gasteiger partial charge is 0.381 e. The molecule has 3 aromatic rings. The van der Waals surface area contributed by atoms with Crippen LogP contribution in [-0.4, -0.2) is 39.9 Å². The van der Waals surface area contributed by atoms with Crippen molar-refractivity contribution in [1.29, 1.82) is 0 Å². The summed E-state index contributed by atoms with van der Waals surface area (Å²) in [4.78, 5) is 18.0. The Morgan fingerprint density at radius 1 is 1.16 bits per heavy atom. The van der Waals surface area contributed by atoms with Gasteiger partial charge in [0.25, 0.3) is 5.91 Å². The van der Waals surface area contributed by atoms with Gasteiger partial charge in [-0.25, -0.2) is 9.67 Å². The highest BCUT2D eigenvalue weighted by Gasteiger charge is 2.23. The molecule has 7 nitrogen and oxygen atoms in total. The Labute approximate surface area is 189 Å². The maximum Gasteiger partial charge on any atom is 0.255 e. The van der Waals surface area contributed by atoms with Gasteiger partial charge in [0.05, 0.1) is 28.9 Å². The molecule has 1 aliphatic heterocycles. The third-order valence-corrected chi connectivity index (χ3v) is 6.28. The lowest BCUT2D eigenvalue weighted by Gasteiger charge is -2.26. The van der Waals surface area contributed by atoms with Crippen molar-refractivity contribution in [3.8, 4) is 0 Å². The summed E-state index contributed by atoms with van der Waals surface area (Å²) in [5.74, 6) is -0.121. The van der Waals surface area contributed by atoms with Crippen LogP contribution in [0.1, 0.15) is 67.6 Å². The Bertz CT molecular complexity index is 1050. The number of pyridine rings is 1. The van der Waals surface area contributed by atoms with Gasteiger partial charge in [0, 0.05) is 32.0 Å². The van der Waals surface area contributed by atoms with Crippen molar-refractivity contribution in [2.45, 2.75) is 65.1 Å². The van der Waals surface area contributed by atoms with Crippen molar-refractivity contribution in [3.05, 3.63) is 53.3 Å². The van der Waals surface area contributed by atoms with Crippen LogP contribution in [0.5, 0.6) is 0 Å². The van der Waals surface area contributed by atoms with Crippen LogP contribution in [0.3, 0.4) is 0 Å². The predicted molar refractivity (Wildman–Crippen MR) is 127 cm³/mol. The van der Waals surface area contributed by atoms with Gasteiger partial charge >= 0.3 is 0 Å². The van der Waals surface area contributed by atoms with Gasteiger partial charge in [0.2, 0.25) is 0 Å². The number of fused-ring (bicyclic) bond motifs is 1. The molecule has 0 saturated carbocycles. The molecule has 2 aromatic heterocycles. The summed E-state index contributed by atoms with van der Waals surface area (Å²) in [5, 5.41) is 12.2. The summed E-state index contributed by atoms with van der Waals surface area (Å²) in [6.45, 7) is 8.46. The topological polar surface area (TPSA) is 81.1 Å². The van der Waals surface area contributed by atoms with Gasteiger partial charge in [-0.05, 0) is 43.7 Å². The number of carbonyl (C=O) groups is 1. The van der Waals surface area contributed by atoms with Gasteiger partial charge in [-0.3, -0.25) is 4.79 Å². The average molecular weight is 436 g/mol. The van der Waals surface area contributed by atoms with Crippen LogP contribution in [0, 0.1) is 0 Å². The number of rotatable bonds is 8. The molecular weight excluding hydrogens is 402 g/mol. The van der Waals surface area contributed by atoms with Crippen LogP contribution in [-0.2, 0) is 17.7 Å². The number of amides is 1. The molecule has 1 saturated heterocycles. The van der Waals surface area contributed by atoms with Crippen LogP contribution in [0.4, 0.5) is 5.69 Å². The van der Waals surface area contributed by atoms with Crippen molar-refractivity contribution in [1.82, 2.24) is 20.1 Å². The number of hydrogen-bond donors (Lipinski definition) is 2. The molecule has 1 amide bonds. The third kappa shape index (κ3) is 4.63. The lowest BCUT2D eigenvalue weighted by molar-refractivity contribution is 0.0903. The fourth-order valence-electron chi connectivity index (χ4n) is 4.27. The van der Waals surface area contributed by atoms with Crippen molar-refractivity contribution in [3.63, 3.8) is 0 Å². The lowest BCUT2D eigenvalue weighted by Crippen LogP contribution is -2.32. The molecule has 2 N–H and O–H groups in total. The third-order valence-electron chi connectivity index (χ3n) is 6.28. The summed E-state index contributed by atoms with van der Waals surface area (Å²) in [5.41, 5.74) is 4.57. The molecule has 3 heterocycles. The Balaban J connectivity index is 1.64. The van der Waals surface area contributed by atoms with Gasteiger partial charge in [0.15, 0.2) is 5.65 Å². The van der Waals surface area contributed by atoms with Crippen molar-refractivity contribution >= 4 is 22.6 Å². The molecule has 0 bridgehead atoms. The molecule has 0 spiro atoms. The second-order valence-corrected chi connectivity index (χ2v) is 8.30. The summed E-state index contributed by atoms with van der Waals surface area (Å²) >= 11 is 0. The number of nitrogens with zero attached hydrogens (tertiary/aromatic N) is 3. The van der Waals surface area contributed by atoms with E-state index in [9.17, 15) is 4.79 Å². The Hall–Kier alpha value is -2.93. The van der Waals surface area contributed by atoms with Crippen LogP contribution >= 0.6 is 0 Å². The van der Waals surface area contributed by atoms with Gasteiger partial charge in [-0.15, -0.1) is 0 Å². The lowest BCUT2D eigenvalue weighted by atomic mass is 10.0. The second-order valence-electron chi connectivity index (χ2n) is 8.30. The van der Waals surface area contributed by atoms with E-state index in [1.54, 1.807) is 6.20 Å². The number of hydrogen-bond acceptors (Lipinski definition) is 5. The summed E-state index contributed by atoms with van der Waals surface area (Å²) < 4.78 is 7.37. The number of benzene rings is 1. The van der Waals surface area contributed by atoms with E-state index in [1.807, 2.05) is 17.8 Å². The van der Waals surface area contributed by atoms with Crippen LogP contribution < -0.4 is 10.6 Å². The minimum atomic E-state index is -0.121.